The van der Waals surface area contributed by atoms with Gasteiger partial charge in [-0.05, 0) is 50.5 Å². The van der Waals surface area contributed by atoms with Crippen molar-refractivity contribution in [2.75, 3.05) is 0 Å². The van der Waals surface area contributed by atoms with Gasteiger partial charge in [-0.1, -0.05) is 0 Å². The first-order valence-electron chi connectivity index (χ1n) is 5.18. The van der Waals surface area contributed by atoms with E-state index in [0.717, 1.165) is 21.5 Å². The standard InChI is InChI=1S/C11H13N3S/c1-7-5-8-9(12-6-7)14(10(15)13-8)11(2)3-4-11/h5-6H,3-4H2,1-2H3,(H,13,15). The number of hydrogen-bond donors (Lipinski definition) is 1. The van der Waals surface area contributed by atoms with E-state index in [-0.39, 0.29) is 5.54 Å². The van der Waals surface area contributed by atoms with E-state index in [1.54, 1.807) is 0 Å². The Kier molecular flexibility index (Phi) is 1.63. The second-order valence-electron chi connectivity index (χ2n) is 4.65. The Morgan fingerprint density at radius 1 is 1.53 bits per heavy atom. The normalized spacial score (nSPS) is 18.3. The Morgan fingerprint density at radius 2 is 2.27 bits per heavy atom. The molecule has 2 aromatic rings. The summed E-state index contributed by atoms with van der Waals surface area (Å²) in [7, 11) is 0. The third-order valence-electron chi connectivity index (χ3n) is 3.17. The minimum atomic E-state index is 0.206. The molecule has 0 aromatic carbocycles. The zero-order valence-corrected chi connectivity index (χ0v) is 9.69. The first-order chi connectivity index (χ1) is 7.10. The molecule has 0 saturated heterocycles. The smallest absolute Gasteiger partial charge is 0.179 e. The Bertz CT molecular complexity index is 589. The first kappa shape index (κ1) is 9.09. The highest BCUT2D eigenvalue weighted by Gasteiger charge is 2.41. The maximum absolute atomic E-state index is 5.35. The second kappa shape index (κ2) is 2.70. The van der Waals surface area contributed by atoms with Crippen LogP contribution in [0.4, 0.5) is 0 Å². The fourth-order valence-electron chi connectivity index (χ4n) is 2.00. The van der Waals surface area contributed by atoms with Crippen molar-refractivity contribution < 1.29 is 0 Å². The molecule has 1 N–H and O–H groups in total. The maximum Gasteiger partial charge on any atom is 0.179 e. The van der Waals surface area contributed by atoms with Crippen molar-refractivity contribution in [3.8, 4) is 0 Å². The number of aromatic amines is 1. The summed E-state index contributed by atoms with van der Waals surface area (Å²) in [6, 6.07) is 2.10. The van der Waals surface area contributed by atoms with Gasteiger partial charge in [0.1, 0.15) is 0 Å². The third-order valence-corrected chi connectivity index (χ3v) is 3.46. The lowest BCUT2D eigenvalue weighted by Gasteiger charge is -2.10. The number of rotatable bonds is 1. The molecule has 1 aliphatic rings. The van der Waals surface area contributed by atoms with E-state index < -0.39 is 0 Å². The summed E-state index contributed by atoms with van der Waals surface area (Å²) in [4.78, 5) is 7.70. The van der Waals surface area contributed by atoms with Crippen molar-refractivity contribution in [1.82, 2.24) is 14.5 Å². The largest absolute Gasteiger partial charge is 0.329 e. The van der Waals surface area contributed by atoms with Gasteiger partial charge in [-0.25, -0.2) is 4.98 Å². The van der Waals surface area contributed by atoms with Gasteiger partial charge in [0.15, 0.2) is 10.4 Å². The minimum Gasteiger partial charge on any atom is -0.329 e. The summed E-state index contributed by atoms with van der Waals surface area (Å²) in [6.45, 7) is 4.27. The van der Waals surface area contributed by atoms with Gasteiger partial charge >= 0.3 is 0 Å². The summed E-state index contributed by atoms with van der Waals surface area (Å²) < 4.78 is 2.96. The zero-order chi connectivity index (χ0) is 10.6. The van der Waals surface area contributed by atoms with E-state index in [1.165, 1.54) is 12.8 Å². The van der Waals surface area contributed by atoms with Gasteiger partial charge in [0, 0.05) is 11.7 Å². The first-order valence-corrected chi connectivity index (χ1v) is 5.59. The molecule has 1 aliphatic carbocycles. The number of hydrogen-bond acceptors (Lipinski definition) is 2. The lowest BCUT2D eigenvalue weighted by Crippen LogP contribution is -2.12. The average Bonchev–Trinajstić information content (AvgIpc) is 2.79. The molecular formula is C11H13N3S. The highest BCUT2D eigenvalue weighted by Crippen LogP contribution is 2.44. The van der Waals surface area contributed by atoms with Crippen LogP contribution in [0.1, 0.15) is 25.3 Å². The van der Waals surface area contributed by atoms with E-state index in [9.17, 15) is 0 Å². The molecule has 0 aliphatic heterocycles. The zero-order valence-electron chi connectivity index (χ0n) is 8.87. The van der Waals surface area contributed by atoms with Crippen LogP contribution in [-0.4, -0.2) is 14.5 Å². The molecule has 0 unspecified atom stereocenters. The number of aromatic nitrogens is 3. The molecular weight excluding hydrogens is 206 g/mol. The number of H-pyrrole nitrogens is 1. The Hall–Kier alpha value is -1.16. The van der Waals surface area contributed by atoms with Gasteiger partial charge in [-0.3, -0.25) is 4.57 Å². The molecule has 0 amide bonds. The van der Waals surface area contributed by atoms with Crippen molar-refractivity contribution in [2.24, 2.45) is 0 Å². The molecule has 3 nitrogen and oxygen atoms in total. The predicted octanol–water partition coefficient (Wildman–Crippen LogP) is 2.91. The van der Waals surface area contributed by atoms with E-state index in [0.29, 0.717) is 0 Å². The SMILES string of the molecule is Cc1cnc2c(c1)[nH]c(=S)n2C1(C)CC1. The molecule has 1 saturated carbocycles. The molecule has 4 heteroatoms. The maximum atomic E-state index is 5.35. The van der Waals surface area contributed by atoms with Crippen LogP contribution in [0.2, 0.25) is 0 Å². The van der Waals surface area contributed by atoms with Crippen LogP contribution in [0.25, 0.3) is 11.2 Å². The van der Waals surface area contributed by atoms with E-state index in [4.69, 9.17) is 12.2 Å². The fourth-order valence-corrected chi connectivity index (χ4v) is 2.42. The minimum absolute atomic E-state index is 0.206. The van der Waals surface area contributed by atoms with Crippen LogP contribution in [-0.2, 0) is 5.54 Å². The molecule has 0 atom stereocenters. The number of pyridine rings is 1. The molecule has 2 aromatic heterocycles. The highest BCUT2D eigenvalue weighted by atomic mass is 32.1. The summed E-state index contributed by atoms with van der Waals surface area (Å²) in [5.41, 5.74) is 3.41. The second-order valence-corrected chi connectivity index (χ2v) is 5.03. The molecule has 0 radical (unpaired) electrons. The number of fused-ring (bicyclic) bond motifs is 1. The lowest BCUT2D eigenvalue weighted by molar-refractivity contribution is 0.537. The van der Waals surface area contributed by atoms with Gasteiger partial charge in [-0.15, -0.1) is 0 Å². The predicted molar refractivity (Wildman–Crippen MR) is 62.5 cm³/mol. The van der Waals surface area contributed by atoms with Crippen molar-refractivity contribution in [3.63, 3.8) is 0 Å². The van der Waals surface area contributed by atoms with Crippen LogP contribution in [0.5, 0.6) is 0 Å². The Balaban J connectivity index is 2.38. The third kappa shape index (κ3) is 1.24. The van der Waals surface area contributed by atoms with Crippen LogP contribution in [0, 0.1) is 11.7 Å². The van der Waals surface area contributed by atoms with Gasteiger partial charge in [0.05, 0.1) is 5.52 Å². The molecule has 1 fully saturated rings. The number of nitrogens with one attached hydrogen (secondary N) is 1. The monoisotopic (exact) mass is 219 g/mol. The Labute approximate surface area is 93.1 Å². The van der Waals surface area contributed by atoms with Crippen LogP contribution < -0.4 is 0 Å². The number of imidazole rings is 1. The molecule has 3 rings (SSSR count). The topological polar surface area (TPSA) is 33.6 Å². The van der Waals surface area contributed by atoms with Crippen molar-refractivity contribution in [1.29, 1.82) is 0 Å². The average molecular weight is 219 g/mol. The summed E-state index contributed by atoms with van der Waals surface area (Å²) in [5.74, 6) is 0. The molecule has 2 heterocycles. The van der Waals surface area contributed by atoms with Crippen molar-refractivity contribution in [2.45, 2.75) is 32.2 Å². The van der Waals surface area contributed by atoms with Crippen LogP contribution in [0.3, 0.4) is 0 Å². The van der Waals surface area contributed by atoms with Gasteiger partial charge in [-0.2, -0.15) is 0 Å². The summed E-state index contributed by atoms with van der Waals surface area (Å²) in [5, 5.41) is 0. The quantitative estimate of drug-likeness (QED) is 0.748. The van der Waals surface area contributed by atoms with E-state index in [2.05, 4.69) is 27.5 Å². The number of aryl methyl sites for hydroxylation is 1. The van der Waals surface area contributed by atoms with Gasteiger partial charge in [0.2, 0.25) is 0 Å². The van der Waals surface area contributed by atoms with Crippen molar-refractivity contribution >= 4 is 23.4 Å². The molecule has 0 bridgehead atoms. The van der Waals surface area contributed by atoms with Gasteiger partial charge in [0.25, 0.3) is 0 Å². The summed E-state index contributed by atoms with van der Waals surface area (Å²) >= 11 is 5.35. The molecule has 78 valence electrons. The van der Waals surface area contributed by atoms with Crippen LogP contribution in [0.15, 0.2) is 12.3 Å². The Morgan fingerprint density at radius 3 is 2.93 bits per heavy atom. The fraction of sp³-hybridized carbons (Fsp3) is 0.455. The van der Waals surface area contributed by atoms with Crippen LogP contribution >= 0.6 is 12.2 Å². The molecule has 15 heavy (non-hydrogen) atoms. The molecule has 0 spiro atoms. The van der Waals surface area contributed by atoms with Gasteiger partial charge < -0.3 is 4.98 Å². The van der Waals surface area contributed by atoms with Crippen molar-refractivity contribution in [3.05, 3.63) is 22.6 Å². The highest BCUT2D eigenvalue weighted by molar-refractivity contribution is 7.71. The van der Waals surface area contributed by atoms with E-state index >= 15 is 0 Å². The lowest BCUT2D eigenvalue weighted by atomic mass is 10.3. The summed E-state index contributed by atoms with van der Waals surface area (Å²) in [6.07, 6.45) is 4.29. The van der Waals surface area contributed by atoms with E-state index in [1.807, 2.05) is 13.1 Å². The number of nitrogens with zero attached hydrogens (tertiary/aromatic N) is 2.